The molecule has 1 aliphatic rings. The van der Waals surface area contributed by atoms with Gasteiger partial charge in [0.25, 0.3) is 0 Å². The average molecular weight is 307 g/mol. The normalized spacial score (nSPS) is 23.4. The smallest absolute Gasteiger partial charge is 0.209 e. The monoisotopic (exact) mass is 306 g/mol. The van der Waals surface area contributed by atoms with Gasteiger partial charge in [0.1, 0.15) is 0 Å². The van der Waals surface area contributed by atoms with Crippen LogP contribution in [-0.2, 0) is 11.3 Å². The van der Waals surface area contributed by atoms with Crippen LogP contribution in [0.15, 0.2) is 34.9 Å². The van der Waals surface area contributed by atoms with E-state index in [9.17, 15) is 0 Å². The van der Waals surface area contributed by atoms with Crippen LogP contribution < -0.4 is 0 Å². The second kappa shape index (κ2) is 6.18. The Bertz CT molecular complexity index is 604. The molecule has 1 aromatic carbocycles. The zero-order valence-electron chi connectivity index (χ0n) is 12.3. The van der Waals surface area contributed by atoms with Gasteiger partial charge >= 0.3 is 0 Å². The first kappa shape index (κ1) is 14.6. The van der Waals surface area contributed by atoms with Crippen LogP contribution >= 0.6 is 11.6 Å². The molecule has 1 aliphatic heterocycles. The summed E-state index contributed by atoms with van der Waals surface area (Å²) in [6, 6.07) is 7.60. The van der Waals surface area contributed by atoms with Crippen molar-refractivity contribution in [2.45, 2.75) is 32.6 Å². The van der Waals surface area contributed by atoms with Gasteiger partial charge in [0, 0.05) is 23.7 Å². The Morgan fingerprint density at radius 2 is 2.05 bits per heavy atom. The summed E-state index contributed by atoms with van der Waals surface area (Å²) in [5, 5.41) is 0.696. The largest absolute Gasteiger partial charge is 0.439 e. The minimum atomic E-state index is 0.246. The molecule has 0 unspecified atom stereocenters. The van der Waals surface area contributed by atoms with Crippen molar-refractivity contribution in [1.29, 1.82) is 0 Å². The average Bonchev–Trinajstić information content (AvgIpc) is 2.86. The summed E-state index contributed by atoms with van der Waals surface area (Å²) in [5.74, 6) is 1.48. The van der Waals surface area contributed by atoms with Crippen molar-refractivity contribution in [2.24, 2.45) is 0 Å². The molecule has 0 bridgehead atoms. The van der Waals surface area contributed by atoms with Crippen molar-refractivity contribution in [1.82, 2.24) is 9.88 Å². The standard InChI is InChI=1S/C16H19ClN2O2/c1-11-8-19(9-12(2)20-11)10-16-18-7-15(21-16)13-4-3-5-14(17)6-13/h3-7,11-12H,8-10H2,1-2H3/t11-,12-/m0/s1. The first-order chi connectivity index (χ1) is 10.1. The number of aromatic nitrogens is 1. The summed E-state index contributed by atoms with van der Waals surface area (Å²) in [4.78, 5) is 6.69. The third-order valence-electron chi connectivity index (χ3n) is 3.52. The van der Waals surface area contributed by atoms with Crippen molar-refractivity contribution in [2.75, 3.05) is 13.1 Å². The number of benzene rings is 1. The van der Waals surface area contributed by atoms with E-state index in [0.29, 0.717) is 11.6 Å². The third-order valence-corrected chi connectivity index (χ3v) is 3.75. The van der Waals surface area contributed by atoms with Crippen molar-refractivity contribution in [3.05, 3.63) is 41.4 Å². The third kappa shape index (κ3) is 3.64. The van der Waals surface area contributed by atoms with Crippen LogP contribution in [0.25, 0.3) is 11.3 Å². The second-order valence-electron chi connectivity index (χ2n) is 5.58. The molecular weight excluding hydrogens is 288 g/mol. The van der Waals surface area contributed by atoms with E-state index in [1.807, 2.05) is 24.3 Å². The number of hydrogen-bond donors (Lipinski definition) is 0. The molecule has 21 heavy (non-hydrogen) atoms. The molecule has 5 heteroatoms. The Labute approximate surface area is 129 Å². The number of hydrogen-bond acceptors (Lipinski definition) is 4. The first-order valence-corrected chi connectivity index (χ1v) is 7.56. The number of halogens is 1. The molecule has 0 saturated carbocycles. The molecule has 3 rings (SSSR count). The SMILES string of the molecule is C[C@H]1CN(Cc2ncc(-c3cccc(Cl)c3)o2)C[C@H](C)O1. The van der Waals surface area contributed by atoms with Crippen molar-refractivity contribution >= 4 is 11.6 Å². The minimum absolute atomic E-state index is 0.246. The number of nitrogens with zero attached hydrogens (tertiary/aromatic N) is 2. The van der Waals surface area contributed by atoms with Gasteiger partial charge in [-0.25, -0.2) is 4.98 Å². The highest BCUT2D eigenvalue weighted by Crippen LogP contribution is 2.24. The van der Waals surface area contributed by atoms with Gasteiger partial charge in [-0.3, -0.25) is 4.90 Å². The summed E-state index contributed by atoms with van der Waals surface area (Å²) in [5.41, 5.74) is 0.949. The fraction of sp³-hybridized carbons (Fsp3) is 0.438. The Kier molecular flexibility index (Phi) is 4.29. The molecular formula is C16H19ClN2O2. The maximum atomic E-state index is 6.01. The number of oxazole rings is 1. The molecule has 2 heterocycles. The van der Waals surface area contributed by atoms with Gasteiger partial charge < -0.3 is 9.15 Å². The molecule has 112 valence electrons. The van der Waals surface area contributed by atoms with Gasteiger partial charge in [-0.2, -0.15) is 0 Å². The fourth-order valence-electron chi connectivity index (χ4n) is 2.76. The van der Waals surface area contributed by atoms with E-state index in [1.165, 1.54) is 0 Å². The lowest BCUT2D eigenvalue weighted by Crippen LogP contribution is -2.44. The van der Waals surface area contributed by atoms with Crippen LogP contribution in [0.4, 0.5) is 0 Å². The van der Waals surface area contributed by atoms with E-state index < -0.39 is 0 Å². The molecule has 1 fully saturated rings. The minimum Gasteiger partial charge on any atom is -0.439 e. The number of ether oxygens (including phenoxy) is 1. The topological polar surface area (TPSA) is 38.5 Å². The highest BCUT2D eigenvalue weighted by molar-refractivity contribution is 6.30. The number of morpholine rings is 1. The van der Waals surface area contributed by atoms with Crippen LogP contribution in [0.5, 0.6) is 0 Å². The van der Waals surface area contributed by atoms with Gasteiger partial charge in [-0.15, -0.1) is 0 Å². The Balaban J connectivity index is 1.70. The summed E-state index contributed by atoms with van der Waals surface area (Å²) < 4.78 is 11.6. The van der Waals surface area contributed by atoms with Crippen LogP contribution in [0.1, 0.15) is 19.7 Å². The van der Waals surface area contributed by atoms with Crippen molar-refractivity contribution in [3.8, 4) is 11.3 Å². The van der Waals surface area contributed by atoms with Gasteiger partial charge in [0.2, 0.25) is 5.89 Å². The molecule has 0 amide bonds. The summed E-state index contributed by atoms with van der Waals surface area (Å²) in [6.07, 6.45) is 2.25. The molecule has 0 spiro atoms. The summed E-state index contributed by atoms with van der Waals surface area (Å²) >= 11 is 6.01. The second-order valence-corrected chi connectivity index (χ2v) is 6.02. The predicted octanol–water partition coefficient (Wildman–Crippen LogP) is 3.60. The van der Waals surface area contributed by atoms with Crippen LogP contribution in [0.2, 0.25) is 5.02 Å². The summed E-state index contributed by atoms with van der Waals surface area (Å²) in [7, 11) is 0. The molecule has 4 nitrogen and oxygen atoms in total. The van der Waals surface area contributed by atoms with Gasteiger partial charge in [0.15, 0.2) is 5.76 Å². The van der Waals surface area contributed by atoms with E-state index in [-0.39, 0.29) is 12.2 Å². The molecule has 1 saturated heterocycles. The highest BCUT2D eigenvalue weighted by atomic mass is 35.5. The van der Waals surface area contributed by atoms with Crippen LogP contribution in [-0.4, -0.2) is 35.2 Å². The number of rotatable bonds is 3. The first-order valence-electron chi connectivity index (χ1n) is 7.18. The Morgan fingerprint density at radius 1 is 1.29 bits per heavy atom. The molecule has 0 N–H and O–H groups in total. The lowest BCUT2D eigenvalue weighted by molar-refractivity contribution is -0.0721. The van der Waals surface area contributed by atoms with E-state index in [1.54, 1.807) is 6.20 Å². The molecule has 0 radical (unpaired) electrons. The summed E-state index contributed by atoms with van der Waals surface area (Å²) in [6.45, 7) is 6.70. The maximum absolute atomic E-state index is 6.01. The molecule has 1 aromatic heterocycles. The van der Waals surface area contributed by atoms with Crippen molar-refractivity contribution in [3.63, 3.8) is 0 Å². The van der Waals surface area contributed by atoms with Crippen LogP contribution in [0, 0.1) is 0 Å². The lowest BCUT2D eigenvalue weighted by atomic mass is 10.2. The maximum Gasteiger partial charge on any atom is 0.209 e. The van der Waals surface area contributed by atoms with Gasteiger partial charge in [-0.1, -0.05) is 23.7 Å². The quantitative estimate of drug-likeness (QED) is 0.868. The lowest BCUT2D eigenvalue weighted by Gasteiger charge is -2.34. The Morgan fingerprint density at radius 3 is 2.76 bits per heavy atom. The molecule has 2 aromatic rings. The van der Waals surface area contributed by atoms with E-state index in [0.717, 1.165) is 30.3 Å². The van der Waals surface area contributed by atoms with Crippen LogP contribution in [0.3, 0.4) is 0 Å². The van der Waals surface area contributed by atoms with Gasteiger partial charge in [0.05, 0.1) is 24.9 Å². The van der Waals surface area contributed by atoms with Gasteiger partial charge in [-0.05, 0) is 26.0 Å². The Hall–Kier alpha value is -1.36. The molecule has 0 aliphatic carbocycles. The van der Waals surface area contributed by atoms with E-state index in [4.69, 9.17) is 20.8 Å². The van der Waals surface area contributed by atoms with E-state index >= 15 is 0 Å². The van der Waals surface area contributed by atoms with E-state index in [2.05, 4.69) is 23.7 Å². The molecule has 2 atom stereocenters. The highest BCUT2D eigenvalue weighted by Gasteiger charge is 2.23. The fourth-order valence-corrected chi connectivity index (χ4v) is 2.95. The van der Waals surface area contributed by atoms with Crippen molar-refractivity contribution < 1.29 is 9.15 Å². The zero-order chi connectivity index (χ0) is 14.8. The zero-order valence-corrected chi connectivity index (χ0v) is 13.0. The predicted molar refractivity (Wildman–Crippen MR) is 82.2 cm³/mol.